The molecule has 0 aliphatic carbocycles. The van der Waals surface area contributed by atoms with E-state index < -0.39 is 0 Å². The molecule has 0 saturated carbocycles. The molecule has 0 spiro atoms. The van der Waals surface area contributed by atoms with Crippen LogP contribution in [0.4, 0.5) is 5.95 Å². The monoisotopic (exact) mass is 253 g/mol. The largest absolute Gasteiger partial charge is 0.467 e. The molecule has 0 atom stereocenters. The van der Waals surface area contributed by atoms with Crippen LogP contribution in [0, 0.1) is 0 Å². The molecule has 0 aromatic carbocycles. The third-order valence-electron chi connectivity index (χ3n) is 2.84. The second-order valence-electron chi connectivity index (χ2n) is 4.08. The van der Waals surface area contributed by atoms with Crippen molar-refractivity contribution >= 4 is 5.95 Å². The quantitative estimate of drug-likeness (QED) is 0.786. The molecule has 100 valence electrons. The maximum atomic E-state index is 5.53. The number of rotatable bonds is 6. The molecule has 1 N–H and O–H groups in total. The Balaban J connectivity index is 1.87. The van der Waals surface area contributed by atoms with Crippen molar-refractivity contribution in [2.75, 3.05) is 45.7 Å². The average Bonchev–Trinajstić information content (AvgIpc) is 2.91. The van der Waals surface area contributed by atoms with Gasteiger partial charge in [0.1, 0.15) is 6.61 Å². The fourth-order valence-electron chi connectivity index (χ4n) is 1.88. The van der Waals surface area contributed by atoms with Crippen LogP contribution in [0.25, 0.3) is 0 Å². The summed E-state index contributed by atoms with van der Waals surface area (Å²) in [6.07, 6.45) is 2.56. The molecule has 18 heavy (non-hydrogen) atoms. The normalized spacial score (nSPS) is 15.7. The maximum Gasteiger partial charge on any atom is 0.324 e. The van der Waals surface area contributed by atoms with Crippen molar-refractivity contribution in [1.82, 2.24) is 19.9 Å². The lowest BCUT2D eigenvalue weighted by Crippen LogP contribution is -2.25. The first-order valence-corrected chi connectivity index (χ1v) is 6.15. The zero-order valence-electron chi connectivity index (χ0n) is 10.8. The summed E-state index contributed by atoms with van der Waals surface area (Å²) in [5, 5.41) is 2.84. The van der Waals surface area contributed by atoms with E-state index >= 15 is 0 Å². The summed E-state index contributed by atoms with van der Waals surface area (Å²) in [5.74, 6) is 0.443. The van der Waals surface area contributed by atoms with Gasteiger partial charge < -0.3 is 14.8 Å². The highest BCUT2D eigenvalue weighted by Crippen LogP contribution is 2.12. The SMILES string of the molecule is CNc1nc(OC)nc(OCCN2CCCC2)n1. The molecule has 7 nitrogen and oxygen atoms in total. The summed E-state index contributed by atoms with van der Waals surface area (Å²) < 4.78 is 10.5. The molecular formula is C11H19N5O2. The first-order chi connectivity index (χ1) is 8.81. The highest BCUT2D eigenvalue weighted by atomic mass is 16.5. The van der Waals surface area contributed by atoms with Crippen LogP contribution in [0.2, 0.25) is 0 Å². The van der Waals surface area contributed by atoms with E-state index in [2.05, 4.69) is 25.2 Å². The number of hydrogen-bond donors (Lipinski definition) is 1. The zero-order chi connectivity index (χ0) is 12.8. The van der Waals surface area contributed by atoms with Crippen LogP contribution in [0.15, 0.2) is 0 Å². The summed E-state index contributed by atoms with van der Waals surface area (Å²) in [6, 6.07) is 0.552. The minimum absolute atomic E-state index is 0.255. The van der Waals surface area contributed by atoms with Crippen molar-refractivity contribution in [1.29, 1.82) is 0 Å². The molecule has 2 rings (SSSR count). The van der Waals surface area contributed by atoms with E-state index in [0.29, 0.717) is 18.6 Å². The number of hydrogen-bond acceptors (Lipinski definition) is 7. The fourth-order valence-corrected chi connectivity index (χ4v) is 1.88. The van der Waals surface area contributed by atoms with E-state index in [4.69, 9.17) is 9.47 Å². The molecule has 0 radical (unpaired) electrons. The van der Waals surface area contributed by atoms with Crippen LogP contribution in [0.1, 0.15) is 12.8 Å². The Labute approximate surface area is 107 Å². The van der Waals surface area contributed by atoms with Gasteiger partial charge in [0.2, 0.25) is 5.95 Å². The highest BCUT2D eigenvalue weighted by Gasteiger charge is 2.12. The van der Waals surface area contributed by atoms with E-state index in [1.165, 1.54) is 20.0 Å². The molecule has 1 aromatic heterocycles. The Kier molecular flexibility index (Phi) is 4.52. The van der Waals surface area contributed by atoms with E-state index in [1.807, 2.05) is 0 Å². The number of nitrogens with one attached hydrogen (secondary N) is 1. The van der Waals surface area contributed by atoms with Crippen molar-refractivity contribution in [3.05, 3.63) is 0 Å². The molecule has 1 fully saturated rings. The molecule has 7 heteroatoms. The number of anilines is 1. The van der Waals surface area contributed by atoms with Crippen molar-refractivity contribution in [3.63, 3.8) is 0 Å². The van der Waals surface area contributed by atoms with Gasteiger partial charge in [0.25, 0.3) is 0 Å². The van der Waals surface area contributed by atoms with Crippen LogP contribution >= 0.6 is 0 Å². The second-order valence-corrected chi connectivity index (χ2v) is 4.08. The first kappa shape index (κ1) is 12.8. The van der Waals surface area contributed by atoms with E-state index in [9.17, 15) is 0 Å². The Bertz CT molecular complexity index is 359. The van der Waals surface area contributed by atoms with Gasteiger partial charge in [-0.3, -0.25) is 4.90 Å². The molecular weight excluding hydrogens is 234 g/mol. The second kappa shape index (κ2) is 6.34. The third kappa shape index (κ3) is 3.43. The van der Waals surface area contributed by atoms with Gasteiger partial charge in [0, 0.05) is 13.6 Å². The van der Waals surface area contributed by atoms with E-state index in [1.54, 1.807) is 7.05 Å². The topological polar surface area (TPSA) is 72.4 Å². The average molecular weight is 253 g/mol. The minimum atomic E-state index is 0.255. The third-order valence-corrected chi connectivity index (χ3v) is 2.84. The highest BCUT2D eigenvalue weighted by molar-refractivity contribution is 5.26. The van der Waals surface area contributed by atoms with E-state index in [0.717, 1.165) is 19.6 Å². The van der Waals surface area contributed by atoms with Crippen LogP contribution in [-0.4, -0.2) is 60.3 Å². The van der Waals surface area contributed by atoms with E-state index in [-0.39, 0.29) is 6.01 Å². The van der Waals surface area contributed by atoms with Crippen LogP contribution in [0.3, 0.4) is 0 Å². The summed E-state index contributed by atoms with van der Waals surface area (Å²) >= 11 is 0. The first-order valence-electron chi connectivity index (χ1n) is 6.15. The van der Waals surface area contributed by atoms with Crippen LogP contribution < -0.4 is 14.8 Å². The maximum absolute atomic E-state index is 5.53. The molecule has 1 saturated heterocycles. The van der Waals surface area contributed by atoms with Crippen molar-refractivity contribution in [2.45, 2.75) is 12.8 Å². The summed E-state index contributed by atoms with van der Waals surface area (Å²) in [5.41, 5.74) is 0. The molecule has 1 aliphatic rings. The number of likely N-dealkylation sites (tertiary alicyclic amines) is 1. The van der Waals surface area contributed by atoms with Gasteiger partial charge in [-0.1, -0.05) is 0 Å². The number of methoxy groups -OCH3 is 1. The Hall–Kier alpha value is -1.63. The van der Waals surface area contributed by atoms with Crippen molar-refractivity contribution in [2.24, 2.45) is 0 Å². The molecule has 0 amide bonds. The number of nitrogens with zero attached hydrogens (tertiary/aromatic N) is 4. The van der Waals surface area contributed by atoms with Crippen LogP contribution in [0.5, 0.6) is 12.0 Å². The summed E-state index contributed by atoms with van der Waals surface area (Å²) in [6.45, 7) is 3.80. The lowest BCUT2D eigenvalue weighted by molar-refractivity contribution is 0.222. The zero-order valence-corrected chi connectivity index (χ0v) is 10.8. The lowest BCUT2D eigenvalue weighted by atomic mass is 10.4. The number of ether oxygens (including phenoxy) is 2. The van der Waals surface area contributed by atoms with Gasteiger partial charge in [-0.2, -0.15) is 9.97 Å². The standard InChI is InChI=1S/C11H19N5O2/c1-12-9-13-10(17-2)15-11(14-9)18-8-7-16-5-3-4-6-16/h3-8H2,1-2H3,(H,12,13,14,15). The van der Waals surface area contributed by atoms with Crippen LogP contribution in [-0.2, 0) is 0 Å². The summed E-state index contributed by atoms with van der Waals surface area (Å²) in [4.78, 5) is 14.5. The Morgan fingerprint density at radius 2 is 1.89 bits per heavy atom. The van der Waals surface area contributed by atoms with Gasteiger partial charge in [-0.15, -0.1) is 4.98 Å². The Morgan fingerprint density at radius 1 is 1.17 bits per heavy atom. The molecule has 0 bridgehead atoms. The predicted molar refractivity (Wildman–Crippen MR) is 67.1 cm³/mol. The molecule has 1 aliphatic heterocycles. The molecule has 1 aromatic rings. The fraction of sp³-hybridized carbons (Fsp3) is 0.727. The minimum Gasteiger partial charge on any atom is -0.467 e. The lowest BCUT2D eigenvalue weighted by Gasteiger charge is -2.14. The predicted octanol–water partition coefficient (Wildman–Crippen LogP) is 0.396. The van der Waals surface area contributed by atoms with Gasteiger partial charge in [0.05, 0.1) is 7.11 Å². The molecule has 2 heterocycles. The smallest absolute Gasteiger partial charge is 0.324 e. The number of aromatic nitrogens is 3. The van der Waals surface area contributed by atoms with Gasteiger partial charge >= 0.3 is 12.0 Å². The van der Waals surface area contributed by atoms with Gasteiger partial charge in [0.15, 0.2) is 0 Å². The van der Waals surface area contributed by atoms with Crippen molar-refractivity contribution < 1.29 is 9.47 Å². The molecule has 0 unspecified atom stereocenters. The van der Waals surface area contributed by atoms with Gasteiger partial charge in [-0.25, -0.2) is 0 Å². The summed E-state index contributed by atoms with van der Waals surface area (Å²) in [7, 11) is 3.26. The van der Waals surface area contributed by atoms with Gasteiger partial charge in [-0.05, 0) is 25.9 Å². The van der Waals surface area contributed by atoms with Crippen molar-refractivity contribution in [3.8, 4) is 12.0 Å². The Morgan fingerprint density at radius 3 is 2.56 bits per heavy atom.